The Kier molecular flexibility index (Phi) is 6.29. The van der Waals surface area contributed by atoms with Gasteiger partial charge in [-0.05, 0) is 42.8 Å². The quantitative estimate of drug-likeness (QED) is 0.704. The molecule has 1 fully saturated rings. The Balaban J connectivity index is 1.87. The Morgan fingerprint density at radius 2 is 1.72 bits per heavy atom. The standard InChI is InChI=1S/C20H24N2O6S/c1-26-15-6-8-18(27-2)14(11-15)13-21-29(24,25)16-7-9-19(28-3)17(12-16)22-10-4-5-20(22)23/h6-9,11-12,21H,4-5,10,13H2,1-3H3. The maximum absolute atomic E-state index is 12.9. The number of carbonyl (C=O) groups is 1. The van der Waals surface area contributed by atoms with E-state index in [0.29, 0.717) is 41.5 Å². The van der Waals surface area contributed by atoms with Gasteiger partial charge in [-0.15, -0.1) is 0 Å². The van der Waals surface area contributed by atoms with Gasteiger partial charge in [0.2, 0.25) is 15.9 Å². The number of anilines is 1. The molecule has 156 valence electrons. The van der Waals surface area contributed by atoms with Crippen molar-refractivity contribution in [3.8, 4) is 17.2 Å². The summed E-state index contributed by atoms with van der Waals surface area (Å²) in [6, 6.07) is 9.64. The van der Waals surface area contributed by atoms with Gasteiger partial charge in [0.1, 0.15) is 17.2 Å². The summed E-state index contributed by atoms with van der Waals surface area (Å²) in [7, 11) is 0.702. The minimum atomic E-state index is -3.84. The van der Waals surface area contributed by atoms with Gasteiger partial charge in [-0.1, -0.05) is 0 Å². The molecule has 8 nitrogen and oxygen atoms in total. The lowest BCUT2D eigenvalue weighted by Crippen LogP contribution is -2.26. The van der Waals surface area contributed by atoms with Crippen LogP contribution in [0.4, 0.5) is 5.69 Å². The molecule has 2 aromatic rings. The highest BCUT2D eigenvalue weighted by molar-refractivity contribution is 7.89. The average Bonchev–Trinajstić information content (AvgIpc) is 3.17. The molecular formula is C20H24N2O6S. The molecular weight excluding hydrogens is 396 g/mol. The molecule has 1 aliphatic heterocycles. The fourth-order valence-electron chi connectivity index (χ4n) is 3.23. The third-order valence-electron chi connectivity index (χ3n) is 4.77. The SMILES string of the molecule is COc1ccc(OC)c(CNS(=O)(=O)c2ccc(OC)c(N3CCCC3=O)c2)c1. The van der Waals surface area contributed by atoms with Crippen molar-refractivity contribution in [2.24, 2.45) is 0 Å². The normalized spacial score (nSPS) is 14.2. The van der Waals surface area contributed by atoms with E-state index in [2.05, 4.69) is 4.72 Å². The Bertz CT molecular complexity index is 1010. The van der Waals surface area contributed by atoms with Crippen LogP contribution in [-0.4, -0.2) is 42.2 Å². The number of nitrogens with one attached hydrogen (secondary N) is 1. The highest BCUT2D eigenvalue weighted by Crippen LogP contribution is 2.34. The van der Waals surface area contributed by atoms with Crippen LogP contribution in [0.25, 0.3) is 0 Å². The third kappa shape index (κ3) is 4.46. The number of ether oxygens (including phenoxy) is 3. The first-order valence-corrected chi connectivity index (χ1v) is 10.6. The maximum Gasteiger partial charge on any atom is 0.240 e. The summed E-state index contributed by atoms with van der Waals surface area (Å²) in [5.74, 6) is 1.55. The molecule has 9 heteroatoms. The van der Waals surface area contributed by atoms with Crippen LogP contribution in [0.1, 0.15) is 18.4 Å². The molecule has 0 aliphatic carbocycles. The summed E-state index contributed by atoms with van der Waals surface area (Å²) >= 11 is 0. The lowest BCUT2D eigenvalue weighted by molar-refractivity contribution is -0.117. The van der Waals surface area contributed by atoms with E-state index in [1.54, 1.807) is 29.2 Å². The first-order chi connectivity index (χ1) is 13.9. The minimum Gasteiger partial charge on any atom is -0.497 e. The molecule has 0 aromatic heterocycles. The summed E-state index contributed by atoms with van der Waals surface area (Å²) in [5.41, 5.74) is 1.09. The van der Waals surface area contributed by atoms with Gasteiger partial charge in [0.25, 0.3) is 0 Å². The Labute approximate surface area is 170 Å². The molecule has 1 saturated heterocycles. The molecule has 0 radical (unpaired) electrons. The molecule has 1 N–H and O–H groups in total. The van der Waals surface area contributed by atoms with Gasteiger partial charge >= 0.3 is 0 Å². The Morgan fingerprint density at radius 1 is 1.00 bits per heavy atom. The molecule has 1 amide bonds. The molecule has 1 heterocycles. The van der Waals surface area contributed by atoms with Crippen molar-refractivity contribution in [3.05, 3.63) is 42.0 Å². The number of hydrogen-bond donors (Lipinski definition) is 1. The van der Waals surface area contributed by atoms with Crippen LogP contribution in [0.2, 0.25) is 0 Å². The first kappa shape index (κ1) is 20.9. The maximum atomic E-state index is 12.9. The molecule has 0 atom stereocenters. The summed E-state index contributed by atoms with van der Waals surface area (Å²) in [5, 5.41) is 0. The van der Waals surface area contributed by atoms with Crippen molar-refractivity contribution in [2.75, 3.05) is 32.8 Å². The van der Waals surface area contributed by atoms with E-state index in [-0.39, 0.29) is 17.3 Å². The smallest absolute Gasteiger partial charge is 0.240 e. The van der Waals surface area contributed by atoms with Crippen molar-refractivity contribution in [3.63, 3.8) is 0 Å². The van der Waals surface area contributed by atoms with Gasteiger partial charge in [-0.2, -0.15) is 0 Å². The van der Waals surface area contributed by atoms with Crippen molar-refractivity contribution < 1.29 is 27.4 Å². The minimum absolute atomic E-state index is 0.0205. The van der Waals surface area contributed by atoms with Crippen LogP contribution in [0.3, 0.4) is 0 Å². The second-order valence-corrected chi connectivity index (χ2v) is 8.25. The van der Waals surface area contributed by atoms with Crippen molar-refractivity contribution >= 4 is 21.6 Å². The number of hydrogen-bond acceptors (Lipinski definition) is 6. The fourth-order valence-corrected chi connectivity index (χ4v) is 4.25. The van der Waals surface area contributed by atoms with Gasteiger partial charge in [0.05, 0.1) is 31.9 Å². The average molecular weight is 420 g/mol. The second kappa shape index (κ2) is 8.71. The van der Waals surface area contributed by atoms with Crippen LogP contribution in [0.15, 0.2) is 41.3 Å². The zero-order valence-corrected chi connectivity index (χ0v) is 17.4. The third-order valence-corrected chi connectivity index (χ3v) is 6.16. The molecule has 3 rings (SSSR count). The van der Waals surface area contributed by atoms with Crippen LogP contribution >= 0.6 is 0 Å². The topological polar surface area (TPSA) is 94.2 Å². The van der Waals surface area contributed by atoms with E-state index in [1.165, 1.54) is 33.5 Å². The summed E-state index contributed by atoms with van der Waals surface area (Å²) in [6.07, 6.45) is 1.17. The first-order valence-electron chi connectivity index (χ1n) is 9.08. The number of carbonyl (C=O) groups excluding carboxylic acids is 1. The van der Waals surface area contributed by atoms with Crippen LogP contribution < -0.4 is 23.8 Å². The summed E-state index contributed by atoms with van der Waals surface area (Å²) < 4.78 is 44.1. The lowest BCUT2D eigenvalue weighted by atomic mass is 10.2. The van der Waals surface area contributed by atoms with Gasteiger partial charge in [-0.25, -0.2) is 13.1 Å². The summed E-state index contributed by atoms with van der Waals surface area (Å²) in [4.78, 5) is 13.7. The van der Waals surface area contributed by atoms with Gasteiger partial charge < -0.3 is 19.1 Å². The number of benzene rings is 2. The lowest BCUT2D eigenvalue weighted by Gasteiger charge is -2.20. The predicted molar refractivity (Wildman–Crippen MR) is 108 cm³/mol. The zero-order valence-electron chi connectivity index (χ0n) is 16.6. The molecule has 2 aromatic carbocycles. The monoisotopic (exact) mass is 420 g/mol. The van der Waals surface area contributed by atoms with Gasteiger partial charge in [-0.3, -0.25) is 4.79 Å². The molecule has 0 spiro atoms. The van der Waals surface area contributed by atoms with E-state index in [0.717, 1.165) is 6.42 Å². The van der Waals surface area contributed by atoms with Gasteiger partial charge in [0, 0.05) is 25.1 Å². The molecule has 29 heavy (non-hydrogen) atoms. The van der Waals surface area contributed by atoms with Crippen LogP contribution in [0, 0.1) is 0 Å². The number of amides is 1. The van der Waals surface area contributed by atoms with Crippen molar-refractivity contribution in [1.29, 1.82) is 0 Å². The van der Waals surface area contributed by atoms with E-state index < -0.39 is 10.0 Å². The van der Waals surface area contributed by atoms with E-state index in [1.807, 2.05) is 0 Å². The van der Waals surface area contributed by atoms with E-state index in [9.17, 15) is 13.2 Å². The van der Waals surface area contributed by atoms with Gasteiger partial charge in [0.15, 0.2) is 0 Å². The highest BCUT2D eigenvalue weighted by atomic mass is 32.2. The second-order valence-electron chi connectivity index (χ2n) is 6.48. The Hall–Kier alpha value is -2.78. The number of sulfonamides is 1. The number of nitrogens with zero attached hydrogens (tertiary/aromatic N) is 1. The fraction of sp³-hybridized carbons (Fsp3) is 0.350. The molecule has 1 aliphatic rings. The van der Waals surface area contributed by atoms with E-state index >= 15 is 0 Å². The summed E-state index contributed by atoms with van der Waals surface area (Å²) in [6.45, 7) is 0.555. The van der Waals surface area contributed by atoms with Crippen LogP contribution in [-0.2, 0) is 21.4 Å². The van der Waals surface area contributed by atoms with Crippen LogP contribution in [0.5, 0.6) is 17.2 Å². The zero-order chi connectivity index (χ0) is 21.0. The van der Waals surface area contributed by atoms with Crippen molar-refractivity contribution in [2.45, 2.75) is 24.3 Å². The largest absolute Gasteiger partial charge is 0.497 e. The van der Waals surface area contributed by atoms with E-state index in [4.69, 9.17) is 14.2 Å². The molecule has 0 unspecified atom stereocenters. The number of methoxy groups -OCH3 is 3. The molecule has 0 bridgehead atoms. The number of rotatable bonds is 8. The Morgan fingerprint density at radius 3 is 2.34 bits per heavy atom. The van der Waals surface area contributed by atoms with Crippen molar-refractivity contribution in [1.82, 2.24) is 4.72 Å². The highest BCUT2D eigenvalue weighted by Gasteiger charge is 2.26. The predicted octanol–water partition coefficient (Wildman–Crippen LogP) is 2.32. The molecule has 0 saturated carbocycles.